The number of nitrogen functional groups attached to an aromatic ring is 1. The van der Waals surface area contributed by atoms with Crippen LogP contribution in [-0.2, 0) is 0 Å². The number of nitrogens with two attached hydrogens (primary N) is 2. The van der Waals surface area contributed by atoms with Gasteiger partial charge in [0.15, 0.2) is 5.78 Å². The highest BCUT2D eigenvalue weighted by Crippen LogP contribution is 2.30. The fraction of sp³-hybridized carbons (Fsp3) is 0.222. The van der Waals surface area contributed by atoms with Crippen LogP contribution in [0.15, 0.2) is 18.2 Å². The lowest BCUT2D eigenvalue weighted by Gasteiger charge is -2.03. The molecule has 1 atom stereocenters. The number of carbonyl (C=O) groups is 1. The molecule has 3 heteroatoms. The number of hydrogen-bond donors (Lipinski definition) is 2. The van der Waals surface area contributed by atoms with E-state index in [0.717, 1.165) is 11.1 Å². The molecule has 0 saturated heterocycles. The molecular formula is C9H10N2O. The molecule has 0 amide bonds. The molecule has 1 aromatic carbocycles. The van der Waals surface area contributed by atoms with Crippen molar-refractivity contribution in [1.82, 2.24) is 0 Å². The molecule has 2 rings (SSSR count). The quantitative estimate of drug-likeness (QED) is 0.556. The normalized spacial score (nSPS) is 21.1. The predicted octanol–water partition coefficient (Wildman–Crippen LogP) is 0.855. The van der Waals surface area contributed by atoms with E-state index in [2.05, 4.69) is 0 Å². The standard InChI is InChI=1S/C9H10N2O/c10-5-1-2-6-7(3-5)8(11)4-9(6)12/h1-3,8H,4,10-11H2. The van der Waals surface area contributed by atoms with Gasteiger partial charge in [-0.2, -0.15) is 0 Å². The van der Waals surface area contributed by atoms with Gasteiger partial charge in [0.05, 0.1) is 0 Å². The van der Waals surface area contributed by atoms with Crippen LogP contribution in [-0.4, -0.2) is 5.78 Å². The Kier molecular flexibility index (Phi) is 1.41. The molecule has 0 fully saturated rings. The summed E-state index contributed by atoms with van der Waals surface area (Å²) < 4.78 is 0. The maximum atomic E-state index is 11.3. The van der Waals surface area contributed by atoms with Crippen molar-refractivity contribution < 1.29 is 4.79 Å². The summed E-state index contributed by atoms with van der Waals surface area (Å²) in [7, 11) is 0. The number of benzene rings is 1. The van der Waals surface area contributed by atoms with Gasteiger partial charge < -0.3 is 11.5 Å². The van der Waals surface area contributed by atoms with E-state index in [9.17, 15) is 4.79 Å². The second kappa shape index (κ2) is 2.32. The third-order valence-corrected chi connectivity index (χ3v) is 2.18. The lowest BCUT2D eigenvalue weighted by atomic mass is 10.1. The Bertz CT molecular complexity index is 346. The van der Waals surface area contributed by atoms with Crippen LogP contribution >= 0.6 is 0 Å². The van der Waals surface area contributed by atoms with Crippen molar-refractivity contribution in [3.05, 3.63) is 29.3 Å². The summed E-state index contributed by atoms with van der Waals surface area (Å²) in [5.74, 6) is 0.123. The Morgan fingerprint density at radius 2 is 2.17 bits per heavy atom. The Hall–Kier alpha value is -1.35. The van der Waals surface area contributed by atoms with Gasteiger partial charge in [-0.25, -0.2) is 0 Å². The van der Waals surface area contributed by atoms with E-state index in [1.54, 1.807) is 18.2 Å². The minimum Gasteiger partial charge on any atom is -0.399 e. The molecule has 0 spiro atoms. The van der Waals surface area contributed by atoms with Gasteiger partial charge in [0.1, 0.15) is 0 Å². The van der Waals surface area contributed by atoms with Gasteiger partial charge in [0, 0.05) is 23.7 Å². The average molecular weight is 162 g/mol. The zero-order valence-electron chi connectivity index (χ0n) is 6.58. The molecule has 0 bridgehead atoms. The van der Waals surface area contributed by atoms with Crippen molar-refractivity contribution >= 4 is 11.5 Å². The van der Waals surface area contributed by atoms with Crippen LogP contribution in [0.5, 0.6) is 0 Å². The van der Waals surface area contributed by atoms with Crippen molar-refractivity contribution in [3.63, 3.8) is 0 Å². The number of fused-ring (bicyclic) bond motifs is 1. The summed E-state index contributed by atoms with van der Waals surface area (Å²) in [6, 6.07) is 5.11. The molecule has 62 valence electrons. The van der Waals surface area contributed by atoms with Crippen molar-refractivity contribution in [3.8, 4) is 0 Å². The zero-order valence-corrected chi connectivity index (χ0v) is 6.58. The summed E-state index contributed by atoms with van der Waals surface area (Å²) in [6.45, 7) is 0. The largest absolute Gasteiger partial charge is 0.399 e. The highest BCUT2D eigenvalue weighted by Gasteiger charge is 2.25. The second-order valence-electron chi connectivity index (χ2n) is 3.08. The molecule has 0 aromatic heterocycles. The van der Waals surface area contributed by atoms with Crippen LogP contribution in [0.25, 0.3) is 0 Å². The number of anilines is 1. The monoisotopic (exact) mass is 162 g/mol. The lowest BCUT2D eigenvalue weighted by Crippen LogP contribution is -2.05. The summed E-state index contributed by atoms with van der Waals surface area (Å²) in [6.07, 6.45) is 0.415. The SMILES string of the molecule is Nc1ccc2c(c1)C(N)CC2=O. The van der Waals surface area contributed by atoms with Crippen LogP contribution in [0.4, 0.5) is 5.69 Å². The lowest BCUT2D eigenvalue weighted by molar-refractivity contribution is 0.0989. The molecule has 12 heavy (non-hydrogen) atoms. The summed E-state index contributed by atoms with van der Waals surface area (Å²) in [5.41, 5.74) is 13.6. The van der Waals surface area contributed by atoms with E-state index in [1.165, 1.54) is 0 Å². The fourth-order valence-corrected chi connectivity index (χ4v) is 1.56. The first-order chi connectivity index (χ1) is 5.68. The average Bonchev–Trinajstić information content (AvgIpc) is 2.28. The molecule has 0 aliphatic heterocycles. The topological polar surface area (TPSA) is 69.1 Å². The number of Topliss-reactive ketones (excluding diaryl/α,β-unsaturated/α-hetero) is 1. The van der Waals surface area contributed by atoms with E-state index in [-0.39, 0.29) is 11.8 Å². The van der Waals surface area contributed by atoms with E-state index < -0.39 is 0 Å². The molecule has 1 aliphatic rings. The Labute approximate surface area is 70.4 Å². The molecule has 4 N–H and O–H groups in total. The maximum absolute atomic E-state index is 11.3. The molecule has 1 unspecified atom stereocenters. The van der Waals surface area contributed by atoms with Crippen LogP contribution in [0.1, 0.15) is 28.4 Å². The van der Waals surface area contributed by atoms with Crippen LogP contribution in [0.3, 0.4) is 0 Å². The first-order valence-corrected chi connectivity index (χ1v) is 3.86. The van der Waals surface area contributed by atoms with Crippen molar-refractivity contribution in [1.29, 1.82) is 0 Å². The highest BCUT2D eigenvalue weighted by atomic mass is 16.1. The summed E-state index contributed by atoms with van der Waals surface area (Å²) in [5, 5.41) is 0. The highest BCUT2D eigenvalue weighted by molar-refractivity contribution is 6.01. The van der Waals surface area contributed by atoms with Gasteiger partial charge in [0.25, 0.3) is 0 Å². The van der Waals surface area contributed by atoms with E-state index in [4.69, 9.17) is 11.5 Å². The fourth-order valence-electron chi connectivity index (χ4n) is 1.56. The molecule has 0 radical (unpaired) electrons. The number of ketones is 1. The Morgan fingerprint density at radius 1 is 1.42 bits per heavy atom. The second-order valence-corrected chi connectivity index (χ2v) is 3.08. The van der Waals surface area contributed by atoms with E-state index in [1.807, 2.05) is 0 Å². The minimum atomic E-state index is -0.156. The van der Waals surface area contributed by atoms with Crippen LogP contribution in [0, 0.1) is 0 Å². The van der Waals surface area contributed by atoms with Crippen molar-refractivity contribution in [2.45, 2.75) is 12.5 Å². The third-order valence-electron chi connectivity index (χ3n) is 2.18. The molecule has 3 nitrogen and oxygen atoms in total. The van der Waals surface area contributed by atoms with Gasteiger partial charge in [-0.1, -0.05) is 0 Å². The number of hydrogen-bond acceptors (Lipinski definition) is 3. The van der Waals surface area contributed by atoms with Gasteiger partial charge in [0.2, 0.25) is 0 Å². The Morgan fingerprint density at radius 3 is 2.92 bits per heavy atom. The minimum absolute atomic E-state index is 0.123. The van der Waals surface area contributed by atoms with Gasteiger partial charge in [-0.3, -0.25) is 4.79 Å². The number of carbonyl (C=O) groups excluding carboxylic acids is 1. The summed E-state index contributed by atoms with van der Waals surface area (Å²) in [4.78, 5) is 11.3. The van der Waals surface area contributed by atoms with E-state index >= 15 is 0 Å². The molecular weight excluding hydrogens is 152 g/mol. The molecule has 1 aliphatic carbocycles. The molecule has 0 heterocycles. The predicted molar refractivity (Wildman–Crippen MR) is 46.7 cm³/mol. The third kappa shape index (κ3) is 0.905. The van der Waals surface area contributed by atoms with E-state index in [0.29, 0.717) is 12.1 Å². The Balaban J connectivity index is 2.60. The smallest absolute Gasteiger partial charge is 0.165 e. The molecule has 0 saturated carbocycles. The maximum Gasteiger partial charge on any atom is 0.165 e. The summed E-state index contributed by atoms with van der Waals surface area (Å²) >= 11 is 0. The van der Waals surface area contributed by atoms with Crippen LogP contribution in [0.2, 0.25) is 0 Å². The van der Waals surface area contributed by atoms with Crippen molar-refractivity contribution in [2.24, 2.45) is 5.73 Å². The van der Waals surface area contributed by atoms with Crippen LogP contribution < -0.4 is 11.5 Å². The van der Waals surface area contributed by atoms with Gasteiger partial charge in [-0.15, -0.1) is 0 Å². The first kappa shape index (κ1) is 7.31. The van der Waals surface area contributed by atoms with Gasteiger partial charge >= 0.3 is 0 Å². The van der Waals surface area contributed by atoms with Crippen molar-refractivity contribution in [2.75, 3.05) is 5.73 Å². The molecule has 1 aromatic rings. The first-order valence-electron chi connectivity index (χ1n) is 3.86. The number of rotatable bonds is 0. The van der Waals surface area contributed by atoms with Gasteiger partial charge in [-0.05, 0) is 23.8 Å². The zero-order chi connectivity index (χ0) is 8.72.